The smallest absolute Gasteiger partial charge is 0.307 e. The molecule has 216 valence electrons. The molecule has 2 unspecified atom stereocenters. The second kappa shape index (κ2) is 11.4. The molecule has 2 saturated heterocycles. The lowest BCUT2D eigenvalue weighted by atomic mass is 9.85. The molecule has 3 aliphatic rings. The van der Waals surface area contributed by atoms with Crippen LogP contribution >= 0.6 is 11.3 Å². The molecule has 3 heterocycles. The van der Waals surface area contributed by atoms with E-state index in [1.54, 1.807) is 18.4 Å². The largest absolute Gasteiger partial charge is 0.488 e. The van der Waals surface area contributed by atoms with Crippen molar-refractivity contribution in [2.45, 2.75) is 45.8 Å². The lowest BCUT2D eigenvalue weighted by Crippen LogP contribution is -2.44. The highest BCUT2D eigenvalue weighted by atomic mass is 32.1. The van der Waals surface area contributed by atoms with Crippen LogP contribution in [0.5, 0.6) is 5.75 Å². The predicted molar refractivity (Wildman–Crippen MR) is 159 cm³/mol. The number of carboxylic acids is 1. The predicted octanol–water partition coefficient (Wildman–Crippen LogP) is 5.41. The maximum atomic E-state index is 13.0. The molecule has 1 saturated carbocycles. The number of benzene rings is 2. The highest BCUT2D eigenvalue weighted by Crippen LogP contribution is 2.44. The molecule has 3 fully saturated rings. The van der Waals surface area contributed by atoms with Gasteiger partial charge in [-0.3, -0.25) is 9.59 Å². The Balaban J connectivity index is 1.15. The first-order valence-corrected chi connectivity index (χ1v) is 15.3. The fourth-order valence-electron chi connectivity index (χ4n) is 6.72. The number of amides is 1. The zero-order valence-electron chi connectivity index (χ0n) is 23.8. The van der Waals surface area contributed by atoms with E-state index in [-0.39, 0.29) is 29.8 Å². The molecule has 1 amide bonds. The van der Waals surface area contributed by atoms with Crippen LogP contribution in [0.3, 0.4) is 0 Å². The number of anilines is 1. The van der Waals surface area contributed by atoms with E-state index in [9.17, 15) is 14.7 Å². The molecule has 3 aromatic rings. The van der Waals surface area contributed by atoms with Crippen LogP contribution in [0, 0.1) is 31.6 Å². The summed E-state index contributed by atoms with van der Waals surface area (Å²) in [7, 11) is 1.69. The van der Waals surface area contributed by atoms with Crippen LogP contribution < -0.4 is 9.64 Å². The number of aryl methyl sites for hydroxylation is 2. The Hall–Kier alpha value is -3.43. The molecule has 1 N–H and O–H groups in total. The third kappa shape index (κ3) is 5.57. The van der Waals surface area contributed by atoms with Gasteiger partial charge in [0, 0.05) is 49.8 Å². The van der Waals surface area contributed by atoms with E-state index in [1.807, 2.05) is 42.2 Å². The third-order valence-electron chi connectivity index (χ3n) is 9.03. The van der Waals surface area contributed by atoms with Crippen LogP contribution in [-0.2, 0) is 16.1 Å². The van der Waals surface area contributed by atoms with Crippen LogP contribution in [0.15, 0.2) is 41.8 Å². The van der Waals surface area contributed by atoms with Crippen LogP contribution in [-0.4, -0.2) is 66.3 Å². The maximum Gasteiger partial charge on any atom is 0.307 e. The van der Waals surface area contributed by atoms with Gasteiger partial charge >= 0.3 is 5.97 Å². The van der Waals surface area contributed by atoms with Crippen molar-refractivity contribution in [3.8, 4) is 17.0 Å². The molecule has 1 aromatic heterocycles. The Labute approximate surface area is 244 Å². The van der Waals surface area contributed by atoms with E-state index in [0.717, 1.165) is 77.7 Å². The Morgan fingerprint density at radius 2 is 1.83 bits per heavy atom. The number of thiazole rings is 1. The van der Waals surface area contributed by atoms with Crippen molar-refractivity contribution in [2.24, 2.45) is 17.8 Å². The lowest BCUT2D eigenvalue weighted by molar-refractivity contribution is -0.144. The first kappa shape index (κ1) is 27.7. The molecule has 0 spiro atoms. The summed E-state index contributed by atoms with van der Waals surface area (Å²) in [5.41, 5.74) is 5.67. The number of rotatable bonds is 8. The van der Waals surface area contributed by atoms with Crippen LogP contribution in [0.25, 0.3) is 11.3 Å². The van der Waals surface area contributed by atoms with Crippen LogP contribution in [0.2, 0.25) is 0 Å². The fraction of sp³-hybridized carbons (Fsp3) is 0.469. The van der Waals surface area contributed by atoms with Crippen molar-refractivity contribution in [2.75, 3.05) is 38.2 Å². The minimum absolute atomic E-state index is 0.0421. The van der Waals surface area contributed by atoms with Gasteiger partial charge in [0.1, 0.15) is 12.4 Å². The summed E-state index contributed by atoms with van der Waals surface area (Å²) in [6, 6.07) is 12.0. The number of carboxylic acid groups (broad SMARTS) is 1. The average molecular weight is 576 g/mol. The number of nitrogens with zero attached hydrogens (tertiary/aromatic N) is 3. The Morgan fingerprint density at radius 1 is 1.05 bits per heavy atom. The third-order valence-corrected chi connectivity index (χ3v) is 9.93. The molecule has 1 aliphatic carbocycles. The van der Waals surface area contributed by atoms with Gasteiger partial charge in [-0.05, 0) is 80.3 Å². The van der Waals surface area contributed by atoms with E-state index in [0.29, 0.717) is 18.7 Å². The molecule has 2 aromatic carbocycles. The van der Waals surface area contributed by atoms with E-state index < -0.39 is 5.97 Å². The molecular formula is C32H37N3O5S. The van der Waals surface area contributed by atoms with Gasteiger partial charge in [0.15, 0.2) is 5.13 Å². The van der Waals surface area contributed by atoms with Crippen LogP contribution in [0.1, 0.15) is 46.3 Å². The van der Waals surface area contributed by atoms with E-state index in [2.05, 4.69) is 23.3 Å². The number of likely N-dealkylation sites (tertiary alicyclic amines) is 1. The number of methoxy groups -OCH3 is 1. The molecule has 0 radical (unpaired) electrons. The molecule has 9 heteroatoms. The number of hydrogen-bond donors (Lipinski definition) is 1. The first-order valence-electron chi connectivity index (χ1n) is 14.4. The molecule has 6 rings (SSSR count). The molecule has 41 heavy (non-hydrogen) atoms. The number of carbonyl (C=O) groups is 2. The standard InChI is InChI=1S/C32H37N3O5S/c1-19-4-9-28(40-17-24-8-5-21(13-20(24)2)30(36)34-11-10-25(16-34)39-3)26(12-19)27-18-41-32(33-27)35-14-22-6-7-23(15-35)29(22)31(37)38/h4-5,8-9,12-13,18,22-23,25,29H,6-7,10-11,14-17H2,1-3H3,(H,37,38)/t22?,23?,25-,29?/m0/s1. The average Bonchev–Trinajstić information content (AvgIpc) is 3.70. The van der Waals surface area contributed by atoms with Crippen molar-refractivity contribution in [1.29, 1.82) is 0 Å². The van der Waals surface area contributed by atoms with Crippen molar-refractivity contribution < 1.29 is 24.2 Å². The minimum Gasteiger partial charge on any atom is -0.488 e. The monoisotopic (exact) mass is 575 g/mol. The van der Waals surface area contributed by atoms with Gasteiger partial charge in [0.05, 0.1) is 17.7 Å². The SMILES string of the molecule is CO[C@H]1CCN(C(=O)c2ccc(COc3ccc(C)cc3-c3csc(N4CC5CCC(C4)C5C(=O)O)n3)c(C)c2)C1. The number of carbonyl (C=O) groups excluding carboxylic acids is 1. The minimum atomic E-state index is -0.651. The summed E-state index contributed by atoms with van der Waals surface area (Å²) in [6.07, 6.45) is 2.95. The van der Waals surface area contributed by atoms with Crippen molar-refractivity contribution >= 4 is 28.3 Å². The van der Waals surface area contributed by atoms with E-state index in [4.69, 9.17) is 14.5 Å². The first-order chi connectivity index (χ1) is 19.8. The number of fused-ring (bicyclic) bond motifs is 2. The Kier molecular flexibility index (Phi) is 7.74. The topological polar surface area (TPSA) is 92.2 Å². The summed E-state index contributed by atoms with van der Waals surface area (Å²) < 4.78 is 11.8. The number of aromatic nitrogens is 1. The van der Waals surface area contributed by atoms with Crippen LogP contribution in [0.4, 0.5) is 5.13 Å². The summed E-state index contributed by atoms with van der Waals surface area (Å²) in [4.78, 5) is 33.9. The van der Waals surface area contributed by atoms with E-state index >= 15 is 0 Å². The highest BCUT2D eigenvalue weighted by molar-refractivity contribution is 7.14. The van der Waals surface area contributed by atoms with Gasteiger partial charge in [-0.15, -0.1) is 11.3 Å². The molecule has 2 aliphatic heterocycles. The van der Waals surface area contributed by atoms with Gasteiger partial charge in [-0.1, -0.05) is 17.7 Å². The molecular weight excluding hydrogens is 538 g/mol. The number of aliphatic carboxylic acids is 1. The molecule has 8 nitrogen and oxygen atoms in total. The Bertz CT molecular complexity index is 1440. The van der Waals surface area contributed by atoms with Crippen molar-refractivity contribution in [3.63, 3.8) is 0 Å². The number of ether oxygens (including phenoxy) is 2. The molecule has 2 bridgehead atoms. The summed E-state index contributed by atoms with van der Waals surface area (Å²) in [5.74, 6) is 0.320. The normalized spacial score (nSPS) is 23.7. The van der Waals surface area contributed by atoms with Gasteiger partial charge in [-0.2, -0.15) is 0 Å². The van der Waals surface area contributed by atoms with Crippen molar-refractivity contribution in [3.05, 3.63) is 64.0 Å². The second-order valence-corrected chi connectivity index (χ2v) is 12.5. The molecule has 3 atom stereocenters. The Morgan fingerprint density at radius 3 is 2.51 bits per heavy atom. The number of piperidine rings is 1. The second-order valence-electron chi connectivity index (χ2n) is 11.7. The maximum absolute atomic E-state index is 13.0. The van der Waals surface area contributed by atoms with Crippen molar-refractivity contribution in [1.82, 2.24) is 9.88 Å². The summed E-state index contributed by atoms with van der Waals surface area (Å²) >= 11 is 1.61. The quantitative estimate of drug-likeness (QED) is 0.384. The lowest BCUT2D eigenvalue weighted by Gasteiger charge is -2.35. The zero-order valence-corrected chi connectivity index (χ0v) is 24.7. The summed E-state index contributed by atoms with van der Waals surface area (Å²) in [6.45, 7) is 7.31. The van der Waals surface area contributed by atoms with Gasteiger partial charge in [0.25, 0.3) is 5.91 Å². The van der Waals surface area contributed by atoms with Gasteiger partial charge < -0.3 is 24.4 Å². The number of hydrogen-bond acceptors (Lipinski definition) is 7. The highest BCUT2D eigenvalue weighted by Gasteiger charge is 2.46. The van der Waals surface area contributed by atoms with E-state index in [1.165, 1.54) is 0 Å². The summed E-state index contributed by atoms with van der Waals surface area (Å²) in [5, 5.41) is 12.7. The van der Waals surface area contributed by atoms with Gasteiger partial charge in [-0.25, -0.2) is 4.98 Å². The van der Waals surface area contributed by atoms with Gasteiger partial charge in [0.2, 0.25) is 0 Å². The fourth-order valence-corrected chi connectivity index (χ4v) is 7.56. The zero-order chi connectivity index (χ0) is 28.7.